The molecule has 6 heteroatoms. The summed E-state index contributed by atoms with van der Waals surface area (Å²) in [5, 5.41) is 22.5. The van der Waals surface area contributed by atoms with Crippen LogP contribution in [0.25, 0.3) is 0 Å². The minimum Gasteiger partial charge on any atom is -0.507 e. The van der Waals surface area contributed by atoms with Crippen LogP contribution in [0.4, 0.5) is 0 Å². The number of amides is 1. The highest BCUT2D eigenvalue weighted by molar-refractivity contribution is 6.02. The van der Waals surface area contributed by atoms with Crippen molar-refractivity contribution in [2.75, 3.05) is 26.2 Å². The Morgan fingerprint density at radius 3 is 2.56 bits per heavy atom. The van der Waals surface area contributed by atoms with E-state index < -0.39 is 0 Å². The molecule has 6 nitrogen and oxygen atoms in total. The standard InChI is InChI=1S/C19H21N3O3/c23-16-8-3-1-6-14(16)18-20-11-13-22(18)12-5-10-21-19(25)15-7-2-4-9-17(15)24/h1-4,6-9,23-24H,5,10-13H2,(H,21,25). The third-order valence-corrected chi connectivity index (χ3v) is 4.12. The van der Waals surface area contributed by atoms with Gasteiger partial charge in [0.15, 0.2) is 0 Å². The van der Waals surface area contributed by atoms with E-state index in [-0.39, 0.29) is 23.0 Å². The number of phenolic OH excluding ortho intramolecular Hbond substituents is 2. The summed E-state index contributed by atoms with van der Waals surface area (Å²) >= 11 is 0. The molecule has 0 bridgehead atoms. The number of phenols is 2. The topological polar surface area (TPSA) is 85.2 Å². The molecule has 1 amide bonds. The van der Waals surface area contributed by atoms with E-state index in [1.54, 1.807) is 30.3 Å². The van der Waals surface area contributed by atoms with Crippen molar-refractivity contribution in [2.24, 2.45) is 4.99 Å². The lowest BCUT2D eigenvalue weighted by Crippen LogP contribution is -2.32. The summed E-state index contributed by atoms with van der Waals surface area (Å²) in [5.74, 6) is 0.716. The molecule has 0 unspecified atom stereocenters. The lowest BCUT2D eigenvalue weighted by molar-refractivity contribution is 0.0950. The number of aromatic hydroxyl groups is 2. The summed E-state index contributed by atoms with van der Waals surface area (Å²) in [6.45, 7) is 2.73. The first kappa shape index (κ1) is 16.8. The van der Waals surface area contributed by atoms with Crippen LogP contribution in [0.15, 0.2) is 53.5 Å². The van der Waals surface area contributed by atoms with Crippen LogP contribution >= 0.6 is 0 Å². The number of aliphatic imine (C=N–C) groups is 1. The van der Waals surface area contributed by atoms with E-state index in [4.69, 9.17) is 0 Å². The summed E-state index contributed by atoms with van der Waals surface area (Å²) in [6.07, 6.45) is 0.742. The van der Waals surface area contributed by atoms with Gasteiger partial charge in [0.05, 0.1) is 17.7 Å². The SMILES string of the molecule is O=C(NCCCN1CCN=C1c1ccccc1O)c1ccccc1O. The van der Waals surface area contributed by atoms with Crippen LogP contribution in [0, 0.1) is 0 Å². The molecule has 0 saturated carbocycles. The van der Waals surface area contributed by atoms with Crippen molar-refractivity contribution in [3.8, 4) is 11.5 Å². The second-order valence-corrected chi connectivity index (χ2v) is 5.84. The molecular formula is C19H21N3O3. The Hall–Kier alpha value is -3.02. The molecule has 1 aliphatic heterocycles. The summed E-state index contributed by atoms with van der Waals surface area (Å²) in [7, 11) is 0. The summed E-state index contributed by atoms with van der Waals surface area (Å²) in [5.41, 5.74) is 1.01. The van der Waals surface area contributed by atoms with Gasteiger partial charge in [-0.2, -0.15) is 0 Å². The molecule has 1 aliphatic rings. The Labute approximate surface area is 146 Å². The molecule has 3 N–H and O–H groups in total. The maximum atomic E-state index is 12.1. The van der Waals surface area contributed by atoms with E-state index in [1.165, 1.54) is 6.07 Å². The average Bonchev–Trinajstić information content (AvgIpc) is 3.07. The molecule has 3 rings (SSSR count). The number of hydrogen-bond acceptors (Lipinski definition) is 5. The van der Waals surface area contributed by atoms with E-state index >= 15 is 0 Å². The van der Waals surface area contributed by atoms with Gasteiger partial charge in [-0.1, -0.05) is 24.3 Å². The Morgan fingerprint density at radius 2 is 1.80 bits per heavy atom. The van der Waals surface area contributed by atoms with Gasteiger partial charge < -0.3 is 20.4 Å². The zero-order chi connectivity index (χ0) is 17.6. The van der Waals surface area contributed by atoms with Crippen molar-refractivity contribution in [1.82, 2.24) is 10.2 Å². The van der Waals surface area contributed by atoms with Crippen molar-refractivity contribution < 1.29 is 15.0 Å². The molecule has 130 valence electrons. The maximum absolute atomic E-state index is 12.1. The molecule has 25 heavy (non-hydrogen) atoms. The van der Waals surface area contributed by atoms with E-state index in [2.05, 4.69) is 15.2 Å². The number of hydrogen-bond donors (Lipinski definition) is 3. The van der Waals surface area contributed by atoms with Gasteiger partial charge >= 0.3 is 0 Å². The van der Waals surface area contributed by atoms with Gasteiger partial charge in [-0.25, -0.2) is 0 Å². The predicted molar refractivity (Wildman–Crippen MR) is 96.1 cm³/mol. The van der Waals surface area contributed by atoms with E-state index in [0.717, 1.165) is 30.9 Å². The van der Waals surface area contributed by atoms with E-state index in [0.29, 0.717) is 13.1 Å². The Kier molecular flexibility index (Phi) is 5.18. The third kappa shape index (κ3) is 3.91. The molecule has 0 spiro atoms. The predicted octanol–water partition coefficient (Wildman–Crippen LogP) is 1.98. The minimum atomic E-state index is -0.283. The number of carbonyl (C=O) groups is 1. The normalized spacial score (nSPS) is 13.6. The van der Waals surface area contributed by atoms with Crippen LogP contribution < -0.4 is 5.32 Å². The lowest BCUT2D eigenvalue weighted by atomic mass is 10.1. The van der Waals surface area contributed by atoms with Crippen LogP contribution in [0.5, 0.6) is 11.5 Å². The fourth-order valence-electron chi connectivity index (χ4n) is 2.85. The van der Waals surface area contributed by atoms with Crippen molar-refractivity contribution in [2.45, 2.75) is 6.42 Å². The Bertz CT molecular complexity index is 789. The van der Waals surface area contributed by atoms with Crippen LogP contribution in [0.1, 0.15) is 22.3 Å². The molecule has 2 aromatic rings. The van der Waals surface area contributed by atoms with Gasteiger partial charge in [0.2, 0.25) is 0 Å². The zero-order valence-electron chi connectivity index (χ0n) is 13.9. The fourth-order valence-corrected chi connectivity index (χ4v) is 2.85. The van der Waals surface area contributed by atoms with Gasteiger partial charge in [-0.3, -0.25) is 9.79 Å². The second-order valence-electron chi connectivity index (χ2n) is 5.84. The first-order chi connectivity index (χ1) is 12.2. The number of benzene rings is 2. The largest absolute Gasteiger partial charge is 0.507 e. The number of carbonyl (C=O) groups excluding carboxylic acids is 1. The number of para-hydroxylation sites is 2. The molecule has 0 saturated heterocycles. The van der Waals surface area contributed by atoms with Gasteiger partial charge in [-0.15, -0.1) is 0 Å². The third-order valence-electron chi connectivity index (χ3n) is 4.12. The zero-order valence-corrected chi connectivity index (χ0v) is 13.9. The summed E-state index contributed by atoms with van der Waals surface area (Å²) in [6, 6.07) is 13.6. The average molecular weight is 339 g/mol. The van der Waals surface area contributed by atoms with Crippen molar-refractivity contribution in [3.05, 3.63) is 59.7 Å². The van der Waals surface area contributed by atoms with Gasteiger partial charge in [0.1, 0.15) is 17.3 Å². The van der Waals surface area contributed by atoms with Crippen molar-refractivity contribution in [1.29, 1.82) is 0 Å². The fraction of sp³-hybridized carbons (Fsp3) is 0.263. The van der Waals surface area contributed by atoms with Gasteiger partial charge in [0.25, 0.3) is 5.91 Å². The van der Waals surface area contributed by atoms with Crippen LogP contribution in [-0.4, -0.2) is 53.0 Å². The first-order valence-corrected chi connectivity index (χ1v) is 8.31. The highest BCUT2D eigenvalue weighted by Gasteiger charge is 2.20. The Balaban J connectivity index is 1.51. The molecule has 0 atom stereocenters. The lowest BCUT2D eigenvalue weighted by Gasteiger charge is -2.21. The minimum absolute atomic E-state index is 0.0199. The first-order valence-electron chi connectivity index (χ1n) is 8.31. The van der Waals surface area contributed by atoms with Crippen LogP contribution in [-0.2, 0) is 0 Å². The highest BCUT2D eigenvalue weighted by Crippen LogP contribution is 2.21. The molecule has 0 radical (unpaired) electrons. The number of nitrogens with one attached hydrogen (secondary N) is 1. The molecular weight excluding hydrogens is 318 g/mol. The molecule has 0 aliphatic carbocycles. The van der Waals surface area contributed by atoms with Gasteiger partial charge in [-0.05, 0) is 30.7 Å². The van der Waals surface area contributed by atoms with Crippen molar-refractivity contribution in [3.63, 3.8) is 0 Å². The van der Waals surface area contributed by atoms with Crippen molar-refractivity contribution >= 4 is 11.7 Å². The van der Waals surface area contributed by atoms with E-state index in [1.807, 2.05) is 12.1 Å². The monoisotopic (exact) mass is 339 g/mol. The number of amidine groups is 1. The second kappa shape index (κ2) is 7.70. The molecule has 1 heterocycles. The quantitative estimate of drug-likeness (QED) is 0.703. The smallest absolute Gasteiger partial charge is 0.255 e. The van der Waals surface area contributed by atoms with Gasteiger partial charge in [0, 0.05) is 19.6 Å². The highest BCUT2D eigenvalue weighted by atomic mass is 16.3. The number of nitrogens with zero attached hydrogens (tertiary/aromatic N) is 2. The molecule has 0 aromatic heterocycles. The van der Waals surface area contributed by atoms with E-state index in [9.17, 15) is 15.0 Å². The maximum Gasteiger partial charge on any atom is 0.255 e. The molecule has 2 aromatic carbocycles. The van der Waals surface area contributed by atoms with Crippen LogP contribution in [0.2, 0.25) is 0 Å². The number of rotatable bonds is 6. The Morgan fingerprint density at radius 1 is 1.08 bits per heavy atom. The van der Waals surface area contributed by atoms with Crippen LogP contribution in [0.3, 0.4) is 0 Å². The summed E-state index contributed by atoms with van der Waals surface area (Å²) in [4.78, 5) is 18.6. The molecule has 0 fully saturated rings. The summed E-state index contributed by atoms with van der Waals surface area (Å²) < 4.78 is 0.